The Kier molecular flexibility index (Phi) is 5.62. The molecule has 0 unspecified atom stereocenters. The Morgan fingerprint density at radius 3 is 2.55 bits per heavy atom. The van der Waals surface area contributed by atoms with Crippen LogP contribution in [0.5, 0.6) is 11.5 Å². The van der Waals surface area contributed by atoms with Crippen molar-refractivity contribution in [1.82, 2.24) is 14.6 Å². The normalized spacial score (nSPS) is 11.8. The monoisotopic (exact) mass is 455 g/mol. The number of aryl methyl sites for hydroxylation is 1. The highest BCUT2D eigenvalue weighted by Crippen LogP contribution is 2.29. The highest BCUT2D eigenvalue weighted by molar-refractivity contribution is 7.15. The molecule has 0 aliphatic heterocycles. The Balaban J connectivity index is 1.44. The fourth-order valence-corrected chi connectivity index (χ4v) is 4.46. The summed E-state index contributed by atoms with van der Waals surface area (Å²) in [5.74, 6) is 1.81. The molecule has 0 atom stereocenters. The first kappa shape index (κ1) is 20.9. The Hall–Kier alpha value is -3.97. The molecule has 0 spiro atoms. The molecule has 0 amide bonds. The lowest BCUT2D eigenvalue weighted by Crippen LogP contribution is -2.23. The fraction of sp³-hybridized carbons (Fsp3) is 0.115. The van der Waals surface area contributed by atoms with Crippen LogP contribution in [-0.4, -0.2) is 21.7 Å². The first-order chi connectivity index (χ1) is 16.1. The van der Waals surface area contributed by atoms with Gasteiger partial charge in [0.1, 0.15) is 6.61 Å². The third-order valence-corrected chi connectivity index (χ3v) is 6.25. The van der Waals surface area contributed by atoms with E-state index in [0.29, 0.717) is 33.4 Å². The fourth-order valence-electron chi connectivity index (χ4n) is 3.55. The standard InChI is InChI=1S/C26H21N3O3S/c1-17-8-6-7-11-20(17)24-27-26-29(28-24)25(30)23(33-26)15-19-12-13-21(22(14-19)31-2)32-16-18-9-4-3-5-10-18/h3-15H,16H2,1-2H3. The Labute approximate surface area is 194 Å². The summed E-state index contributed by atoms with van der Waals surface area (Å²) in [5.41, 5.74) is 3.71. The van der Waals surface area contributed by atoms with Gasteiger partial charge in [-0.05, 0) is 41.8 Å². The zero-order valence-corrected chi connectivity index (χ0v) is 19.0. The number of ether oxygens (including phenoxy) is 2. The van der Waals surface area contributed by atoms with Gasteiger partial charge in [0.05, 0.1) is 11.6 Å². The van der Waals surface area contributed by atoms with E-state index in [4.69, 9.17) is 9.47 Å². The van der Waals surface area contributed by atoms with Crippen LogP contribution in [0, 0.1) is 6.92 Å². The summed E-state index contributed by atoms with van der Waals surface area (Å²) in [6, 6.07) is 23.4. The molecule has 0 aliphatic rings. The van der Waals surface area contributed by atoms with E-state index < -0.39 is 0 Å². The van der Waals surface area contributed by atoms with Crippen molar-refractivity contribution in [2.45, 2.75) is 13.5 Å². The van der Waals surface area contributed by atoms with E-state index in [9.17, 15) is 4.79 Å². The minimum absolute atomic E-state index is 0.189. The van der Waals surface area contributed by atoms with Gasteiger partial charge >= 0.3 is 0 Å². The number of rotatable bonds is 6. The van der Waals surface area contributed by atoms with Gasteiger partial charge in [0, 0.05) is 5.56 Å². The maximum Gasteiger partial charge on any atom is 0.291 e. The maximum atomic E-state index is 12.9. The molecule has 164 valence electrons. The summed E-state index contributed by atoms with van der Waals surface area (Å²) in [6.07, 6.45) is 1.82. The van der Waals surface area contributed by atoms with Crippen molar-refractivity contribution >= 4 is 22.4 Å². The molecule has 33 heavy (non-hydrogen) atoms. The van der Waals surface area contributed by atoms with Crippen molar-refractivity contribution < 1.29 is 9.47 Å². The van der Waals surface area contributed by atoms with Crippen LogP contribution in [-0.2, 0) is 6.61 Å². The molecule has 0 saturated carbocycles. The van der Waals surface area contributed by atoms with E-state index in [1.165, 1.54) is 15.9 Å². The number of aromatic nitrogens is 3. The van der Waals surface area contributed by atoms with E-state index in [0.717, 1.165) is 22.3 Å². The molecule has 0 saturated heterocycles. The van der Waals surface area contributed by atoms with Crippen LogP contribution in [0.2, 0.25) is 0 Å². The summed E-state index contributed by atoms with van der Waals surface area (Å²) >= 11 is 1.31. The second-order valence-corrected chi connectivity index (χ2v) is 8.55. The maximum absolute atomic E-state index is 12.9. The van der Waals surface area contributed by atoms with Crippen LogP contribution in [0.25, 0.3) is 22.4 Å². The number of benzene rings is 3. The smallest absolute Gasteiger partial charge is 0.291 e. The van der Waals surface area contributed by atoms with Crippen LogP contribution in [0.3, 0.4) is 0 Å². The second kappa shape index (κ2) is 8.88. The number of nitrogens with zero attached hydrogens (tertiary/aromatic N) is 3. The molecule has 0 bridgehead atoms. The van der Waals surface area contributed by atoms with Gasteiger partial charge in [0.25, 0.3) is 5.56 Å². The predicted octanol–water partition coefficient (Wildman–Crippen LogP) is 4.26. The molecule has 2 aromatic heterocycles. The van der Waals surface area contributed by atoms with Crippen LogP contribution >= 0.6 is 11.3 Å². The van der Waals surface area contributed by atoms with Gasteiger partial charge < -0.3 is 9.47 Å². The molecule has 0 N–H and O–H groups in total. The Morgan fingerprint density at radius 2 is 1.79 bits per heavy atom. The van der Waals surface area contributed by atoms with Gasteiger partial charge in [-0.25, -0.2) is 0 Å². The summed E-state index contributed by atoms with van der Waals surface area (Å²) in [4.78, 5) is 18.1. The SMILES string of the molecule is COc1cc(C=c2sc3nc(-c4ccccc4C)nn3c2=O)ccc1OCc1ccccc1. The lowest BCUT2D eigenvalue weighted by atomic mass is 10.1. The van der Waals surface area contributed by atoms with E-state index in [-0.39, 0.29) is 5.56 Å². The number of methoxy groups -OCH3 is 1. The van der Waals surface area contributed by atoms with Crippen molar-refractivity contribution in [3.63, 3.8) is 0 Å². The second-order valence-electron chi connectivity index (χ2n) is 7.55. The van der Waals surface area contributed by atoms with Crippen LogP contribution in [0.1, 0.15) is 16.7 Å². The first-order valence-corrected chi connectivity index (χ1v) is 11.3. The summed E-state index contributed by atoms with van der Waals surface area (Å²) in [6.45, 7) is 2.45. The average Bonchev–Trinajstić information content (AvgIpc) is 3.38. The molecule has 7 heteroatoms. The van der Waals surface area contributed by atoms with E-state index in [1.54, 1.807) is 7.11 Å². The van der Waals surface area contributed by atoms with E-state index in [1.807, 2.05) is 85.8 Å². The molecule has 5 aromatic rings. The first-order valence-electron chi connectivity index (χ1n) is 10.4. The van der Waals surface area contributed by atoms with E-state index in [2.05, 4.69) is 10.1 Å². The molecule has 0 fully saturated rings. The third kappa shape index (κ3) is 4.23. The Bertz CT molecular complexity index is 1540. The quantitative estimate of drug-likeness (QED) is 0.383. The number of thiazole rings is 1. The topological polar surface area (TPSA) is 65.7 Å². The van der Waals surface area contributed by atoms with Crippen LogP contribution < -0.4 is 19.6 Å². The molecule has 3 aromatic carbocycles. The van der Waals surface area contributed by atoms with Crippen molar-refractivity contribution in [2.24, 2.45) is 0 Å². The summed E-state index contributed by atoms with van der Waals surface area (Å²) in [5, 5.41) is 4.45. The van der Waals surface area contributed by atoms with Crippen molar-refractivity contribution in [3.05, 3.63) is 104 Å². The minimum Gasteiger partial charge on any atom is -0.493 e. The highest BCUT2D eigenvalue weighted by Gasteiger charge is 2.13. The lowest BCUT2D eigenvalue weighted by molar-refractivity contribution is 0.284. The van der Waals surface area contributed by atoms with Gasteiger partial charge in [-0.2, -0.15) is 9.50 Å². The van der Waals surface area contributed by atoms with Gasteiger partial charge in [0.2, 0.25) is 4.96 Å². The number of hydrogen-bond donors (Lipinski definition) is 0. The van der Waals surface area contributed by atoms with Crippen LogP contribution in [0.15, 0.2) is 77.6 Å². The summed E-state index contributed by atoms with van der Waals surface area (Å²) < 4.78 is 13.4. The molecule has 6 nitrogen and oxygen atoms in total. The van der Waals surface area contributed by atoms with Gasteiger partial charge in [0.15, 0.2) is 17.3 Å². The molecular weight excluding hydrogens is 434 g/mol. The zero-order chi connectivity index (χ0) is 22.8. The molecule has 0 aliphatic carbocycles. The molecule has 5 rings (SSSR count). The predicted molar refractivity (Wildman–Crippen MR) is 130 cm³/mol. The molecule has 2 heterocycles. The van der Waals surface area contributed by atoms with Crippen molar-refractivity contribution in [2.75, 3.05) is 7.11 Å². The zero-order valence-electron chi connectivity index (χ0n) is 18.2. The highest BCUT2D eigenvalue weighted by atomic mass is 32.1. The Morgan fingerprint density at radius 1 is 1.00 bits per heavy atom. The van der Waals surface area contributed by atoms with Gasteiger partial charge in [-0.1, -0.05) is 72.0 Å². The summed E-state index contributed by atoms with van der Waals surface area (Å²) in [7, 11) is 1.60. The van der Waals surface area contributed by atoms with Gasteiger partial charge in [-0.3, -0.25) is 4.79 Å². The number of fused-ring (bicyclic) bond motifs is 1. The average molecular weight is 456 g/mol. The van der Waals surface area contributed by atoms with Crippen molar-refractivity contribution in [3.8, 4) is 22.9 Å². The minimum atomic E-state index is -0.189. The molecule has 0 radical (unpaired) electrons. The van der Waals surface area contributed by atoms with Crippen LogP contribution in [0.4, 0.5) is 0 Å². The largest absolute Gasteiger partial charge is 0.493 e. The van der Waals surface area contributed by atoms with E-state index >= 15 is 0 Å². The third-order valence-electron chi connectivity index (χ3n) is 5.29. The molecular formula is C26H21N3O3S. The number of hydrogen-bond acceptors (Lipinski definition) is 6. The lowest BCUT2D eigenvalue weighted by Gasteiger charge is -2.11. The van der Waals surface area contributed by atoms with Crippen molar-refractivity contribution in [1.29, 1.82) is 0 Å². The van der Waals surface area contributed by atoms with Gasteiger partial charge in [-0.15, -0.1) is 5.10 Å².